The molecule has 0 radical (unpaired) electrons. The summed E-state index contributed by atoms with van der Waals surface area (Å²) in [7, 11) is 0. The molecule has 1 aromatic carbocycles. The molecular weight excluding hydrogens is 243 g/mol. The van der Waals surface area contributed by atoms with Gasteiger partial charge in [0.05, 0.1) is 0 Å². The molecule has 1 nitrogen and oxygen atoms in total. The molecule has 0 unspecified atom stereocenters. The van der Waals surface area contributed by atoms with Crippen LogP contribution in [0.25, 0.3) is 0 Å². The lowest BCUT2D eigenvalue weighted by Gasteiger charge is -2.20. The second-order valence-corrected chi connectivity index (χ2v) is 3.84. The summed E-state index contributed by atoms with van der Waals surface area (Å²) in [5.74, 6) is -0.357. The van der Waals surface area contributed by atoms with Crippen molar-refractivity contribution in [2.45, 2.75) is 32.1 Å². The van der Waals surface area contributed by atoms with Gasteiger partial charge in [0.15, 0.2) is 0 Å². The Balaban J connectivity index is 2.83. The van der Waals surface area contributed by atoms with Crippen molar-refractivity contribution in [2.75, 3.05) is 0 Å². The maximum atomic E-state index is 12.5. The molecule has 0 atom stereocenters. The Morgan fingerprint density at radius 3 is 1.76 bits per heavy atom. The highest BCUT2D eigenvalue weighted by Gasteiger charge is 2.61. The molecule has 0 aromatic heterocycles. The van der Waals surface area contributed by atoms with E-state index in [1.165, 1.54) is 12.1 Å². The van der Waals surface area contributed by atoms with Crippen LogP contribution < -0.4 is 4.74 Å². The Bertz CT molecular complexity index is 366. The molecule has 1 rings (SSSR count). The number of ether oxygens (including phenoxy) is 1. The standard InChI is InChI=1S/C11H11F5O/c1-7(2)8-3-5-9(6-4-8)17-11(15,16)10(12,13)14/h3-7H,1-2H3. The Labute approximate surface area is 95.2 Å². The second-order valence-electron chi connectivity index (χ2n) is 3.84. The van der Waals surface area contributed by atoms with E-state index in [0.717, 1.165) is 17.7 Å². The summed E-state index contributed by atoms with van der Waals surface area (Å²) in [6.07, 6.45) is -10.9. The van der Waals surface area contributed by atoms with Crippen molar-refractivity contribution in [3.8, 4) is 5.75 Å². The summed E-state index contributed by atoms with van der Waals surface area (Å²) in [4.78, 5) is 0. The van der Waals surface area contributed by atoms with Gasteiger partial charge in [0.25, 0.3) is 0 Å². The minimum Gasteiger partial charge on any atom is -0.426 e. The molecule has 0 N–H and O–H groups in total. The van der Waals surface area contributed by atoms with Gasteiger partial charge in [-0.2, -0.15) is 22.0 Å². The summed E-state index contributed by atoms with van der Waals surface area (Å²) < 4.78 is 64.3. The van der Waals surface area contributed by atoms with Crippen LogP contribution in [0.3, 0.4) is 0 Å². The SMILES string of the molecule is CC(C)c1ccc(OC(F)(F)C(F)(F)F)cc1. The first-order chi connectivity index (χ1) is 7.63. The number of rotatable bonds is 3. The zero-order valence-electron chi connectivity index (χ0n) is 9.18. The maximum Gasteiger partial charge on any atom is 0.499 e. The Morgan fingerprint density at radius 2 is 1.41 bits per heavy atom. The molecule has 0 aliphatic rings. The summed E-state index contributed by atoms with van der Waals surface area (Å²) in [6.45, 7) is 3.75. The van der Waals surface area contributed by atoms with Gasteiger partial charge in [-0.05, 0) is 23.6 Å². The molecule has 0 saturated carbocycles. The molecule has 0 aliphatic carbocycles. The van der Waals surface area contributed by atoms with Gasteiger partial charge < -0.3 is 4.74 Å². The number of halogens is 5. The van der Waals surface area contributed by atoms with Gasteiger partial charge in [-0.15, -0.1) is 0 Å². The molecule has 0 amide bonds. The average Bonchev–Trinajstić information content (AvgIpc) is 2.16. The quantitative estimate of drug-likeness (QED) is 0.729. The first-order valence-electron chi connectivity index (χ1n) is 4.87. The monoisotopic (exact) mass is 254 g/mol. The lowest BCUT2D eigenvalue weighted by atomic mass is 10.0. The molecular formula is C11H11F5O. The van der Waals surface area contributed by atoms with E-state index >= 15 is 0 Å². The van der Waals surface area contributed by atoms with Crippen LogP contribution in [0.15, 0.2) is 24.3 Å². The minimum absolute atomic E-state index is 0.159. The largest absolute Gasteiger partial charge is 0.499 e. The second kappa shape index (κ2) is 4.50. The fraction of sp³-hybridized carbons (Fsp3) is 0.455. The van der Waals surface area contributed by atoms with Crippen molar-refractivity contribution in [1.29, 1.82) is 0 Å². The van der Waals surface area contributed by atoms with E-state index in [1.54, 1.807) is 0 Å². The smallest absolute Gasteiger partial charge is 0.426 e. The van der Waals surface area contributed by atoms with Crippen LogP contribution >= 0.6 is 0 Å². The summed E-state index contributed by atoms with van der Waals surface area (Å²) in [5.41, 5.74) is 0.827. The summed E-state index contributed by atoms with van der Waals surface area (Å²) >= 11 is 0. The number of hydrogen-bond donors (Lipinski definition) is 0. The zero-order valence-corrected chi connectivity index (χ0v) is 9.18. The van der Waals surface area contributed by atoms with E-state index < -0.39 is 18.0 Å². The van der Waals surface area contributed by atoms with Gasteiger partial charge in [-0.1, -0.05) is 26.0 Å². The van der Waals surface area contributed by atoms with E-state index in [-0.39, 0.29) is 5.92 Å². The van der Waals surface area contributed by atoms with Crippen LogP contribution in [0.5, 0.6) is 5.75 Å². The fourth-order valence-electron chi connectivity index (χ4n) is 1.13. The van der Waals surface area contributed by atoms with Gasteiger partial charge in [0.1, 0.15) is 5.75 Å². The van der Waals surface area contributed by atoms with Crippen LogP contribution in [-0.4, -0.2) is 12.3 Å². The third-order valence-electron chi connectivity index (χ3n) is 2.12. The van der Waals surface area contributed by atoms with Crippen molar-refractivity contribution in [2.24, 2.45) is 0 Å². The highest BCUT2D eigenvalue weighted by atomic mass is 19.4. The molecule has 0 spiro atoms. The first-order valence-corrected chi connectivity index (χ1v) is 4.87. The predicted octanol–water partition coefficient (Wildman–Crippen LogP) is 4.34. The predicted molar refractivity (Wildman–Crippen MR) is 52.2 cm³/mol. The van der Waals surface area contributed by atoms with Crippen LogP contribution in [0.4, 0.5) is 22.0 Å². The average molecular weight is 254 g/mol. The molecule has 0 fully saturated rings. The number of benzene rings is 1. The van der Waals surface area contributed by atoms with Gasteiger partial charge >= 0.3 is 12.3 Å². The Hall–Kier alpha value is -1.33. The van der Waals surface area contributed by atoms with Gasteiger partial charge in [-0.3, -0.25) is 0 Å². The fourth-order valence-corrected chi connectivity index (χ4v) is 1.13. The van der Waals surface area contributed by atoms with Gasteiger partial charge in [0.2, 0.25) is 0 Å². The molecule has 0 aliphatic heterocycles. The van der Waals surface area contributed by atoms with Crippen molar-refractivity contribution >= 4 is 0 Å². The summed E-state index contributed by atoms with van der Waals surface area (Å²) in [5, 5.41) is 0. The number of alkyl halides is 5. The highest BCUT2D eigenvalue weighted by Crippen LogP contribution is 2.37. The lowest BCUT2D eigenvalue weighted by molar-refractivity contribution is -0.360. The topological polar surface area (TPSA) is 9.23 Å². The van der Waals surface area contributed by atoms with E-state index in [0.29, 0.717) is 0 Å². The molecule has 0 saturated heterocycles. The minimum atomic E-state index is -5.72. The molecule has 0 heterocycles. The highest BCUT2D eigenvalue weighted by molar-refractivity contribution is 5.29. The first kappa shape index (κ1) is 13.7. The maximum absolute atomic E-state index is 12.5. The van der Waals surface area contributed by atoms with Gasteiger partial charge in [-0.25, -0.2) is 0 Å². The Kier molecular flexibility index (Phi) is 3.64. The van der Waals surface area contributed by atoms with Crippen LogP contribution in [0.1, 0.15) is 25.3 Å². The molecule has 17 heavy (non-hydrogen) atoms. The van der Waals surface area contributed by atoms with Crippen molar-refractivity contribution in [3.05, 3.63) is 29.8 Å². The number of hydrogen-bond acceptors (Lipinski definition) is 1. The molecule has 96 valence electrons. The zero-order chi connectivity index (χ0) is 13.3. The normalized spacial score (nSPS) is 12.9. The van der Waals surface area contributed by atoms with E-state index in [1.807, 2.05) is 13.8 Å². The van der Waals surface area contributed by atoms with E-state index in [2.05, 4.69) is 4.74 Å². The molecule has 6 heteroatoms. The van der Waals surface area contributed by atoms with E-state index in [4.69, 9.17) is 0 Å². The van der Waals surface area contributed by atoms with Crippen LogP contribution in [0, 0.1) is 0 Å². The Morgan fingerprint density at radius 1 is 0.941 bits per heavy atom. The van der Waals surface area contributed by atoms with Crippen molar-refractivity contribution in [3.63, 3.8) is 0 Å². The van der Waals surface area contributed by atoms with Gasteiger partial charge in [0, 0.05) is 0 Å². The third kappa shape index (κ3) is 3.31. The molecule has 1 aromatic rings. The van der Waals surface area contributed by atoms with Crippen LogP contribution in [-0.2, 0) is 0 Å². The lowest BCUT2D eigenvalue weighted by Crippen LogP contribution is -2.41. The van der Waals surface area contributed by atoms with Crippen molar-refractivity contribution in [1.82, 2.24) is 0 Å². The van der Waals surface area contributed by atoms with Crippen molar-refractivity contribution < 1.29 is 26.7 Å². The van der Waals surface area contributed by atoms with Crippen LogP contribution in [0.2, 0.25) is 0 Å². The van der Waals surface area contributed by atoms with E-state index in [9.17, 15) is 22.0 Å². The third-order valence-corrected chi connectivity index (χ3v) is 2.12. The molecule has 0 bridgehead atoms. The summed E-state index contributed by atoms with van der Waals surface area (Å²) in [6, 6.07) is 5.09.